The third-order valence-electron chi connectivity index (χ3n) is 7.85. The van der Waals surface area contributed by atoms with Gasteiger partial charge in [0.05, 0.1) is 5.54 Å². The van der Waals surface area contributed by atoms with Crippen LogP contribution in [0.4, 0.5) is 10.6 Å². The lowest BCUT2D eigenvalue weighted by Crippen LogP contribution is -2.42. The van der Waals surface area contributed by atoms with Gasteiger partial charge in [-0.2, -0.15) is 4.98 Å². The van der Waals surface area contributed by atoms with Crippen molar-refractivity contribution in [3.8, 4) is 5.88 Å². The van der Waals surface area contributed by atoms with E-state index in [1.807, 2.05) is 50.2 Å². The molecule has 3 atom stereocenters. The van der Waals surface area contributed by atoms with Crippen LogP contribution in [0.3, 0.4) is 0 Å². The van der Waals surface area contributed by atoms with E-state index in [4.69, 9.17) is 14.5 Å². The maximum absolute atomic E-state index is 12.7. The van der Waals surface area contributed by atoms with E-state index < -0.39 is 11.6 Å². The summed E-state index contributed by atoms with van der Waals surface area (Å²) >= 11 is 0. The Morgan fingerprint density at radius 2 is 1.83 bits per heavy atom. The smallest absolute Gasteiger partial charge is 0.408 e. The maximum atomic E-state index is 12.7. The minimum absolute atomic E-state index is 0.235. The number of amides is 1. The lowest BCUT2D eigenvalue weighted by molar-refractivity contribution is 0.129. The summed E-state index contributed by atoms with van der Waals surface area (Å²) in [4.78, 5) is 19.9. The van der Waals surface area contributed by atoms with Crippen molar-refractivity contribution < 1.29 is 14.3 Å². The van der Waals surface area contributed by atoms with Crippen LogP contribution in [0.2, 0.25) is 0 Å². The summed E-state index contributed by atoms with van der Waals surface area (Å²) in [6.45, 7) is 12.9. The zero-order valence-electron chi connectivity index (χ0n) is 21.3. The zero-order chi connectivity index (χ0) is 24.6. The molecule has 7 nitrogen and oxygen atoms in total. The molecule has 2 aromatic rings. The molecule has 3 heterocycles. The number of pyridine rings is 1. The molecule has 3 fully saturated rings. The van der Waals surface area contributed by atoms with Gasteiger partial charge in [-0.05, 0) is 49.3 Å². The van der Waals surface area contributed by atoms with Gasteiger partial charge in [-0.15, -0.1) is 0 Å². The number of carbonyl (C=O) groups excluding carboxylic acids is 1. The Labute approximate surface area is 208 Å². The molecule has 1 aromatic heterocycles. The van der Waals surface area contributed by atoms with Crippen LogP contribution in [0.25, 0.3) is 0 Å². The standard InChI is InChI=1S/C28H38N4O3/c1-27(2)10-12-32(13-11-27)23-14-20(15-24(30-23)35-25-21-16-29-17-22(21)25)28(3,4)31-26(33)34-18-19-8-6-5-7-9-19/h5-9,14-15,21-22,25,29H,10-13,16-18H2,1-4H3,(H,31,33)/t21-,22+,25+. The lowest BCUT2D eigenvalue weighted by Gasteiger charge is -2.38. The van der Waals surface area contributed by atoms with Gasteiger partial charge in [0.2, 0.25) is 5.88 Å². The van der Waals surface area contributed by atoms with Crippen LogP contribution >= 0.6 is 0 Å². The van der Waals surface area contributed by atoms with Gasteiger partial charge in [-0.3, -0.25) is 0 Å². The highest BCUT2D eigenvalue weighted by molar-refractivity contribution is 5.69. The van der Waals surface area contributed by atoms with E-state index in [9.17, 15) is 4.79 Å². The van der Waals surface area contributed by atoms with Crippen molar-refractivity contribution in [2.45, 2.75) is 58.8 Å². The van der Waals surface area contributed by atoms with E-state index in [2.05, 4.69) is 35.4 Å². The number of aromatic nitrogens is 1. The Morgan fingerprint density at radius 1 is 1.14 bits per heavy atom. The molecule has 2 aliphatic heterocycles. The number of alkyl carbamates (subject to hydrolysis) is 1. The fraction of sp³-hybridized carbons (Fsp3) is 0.571. The topological polar surface area (TPSA) is 75.7 Å². The molecule has 2 saturated heterocycles. The molecule has 35 heavy (non-hydrogen) atoms. The van der Waals surface area contributed by atoms with E-state index in [1.54, 1.807) is 0 Å². The normalized spacial score (nSPS) is 25.0. The molecule has 5 rings (SSSR count). The molecule has 0 unspecified atom stereocenters. The van der Waals surface area contributed by atoms with Crippen LogP contribution in [0.5, 0.6) is 5.88 Å². The molecule has 0 bridgehead atoms. The molecule has 1 aromatic carbocycles. The molecule has 2 N–H and O–H groups in total. The van der Waals surface area contributed by atoms with Crippen LogP contribution in [-0.2, 0) is 16.9 Å². The number of hydrogen-bond acceptors (Lipinski definition) is 6. The van der Waals surface area contributed by atoms with E-state index in [0.717, 1.165) is 56.0 Å². The second-order valence-electron chi connectivity index (χ2n) is 11.6. The Bertz CT molecular complexity index is 1040. The first-order chi connectivity index (χ1) is 16.7. The van der Waals surface area contributed by atoms with Gasteiger partial charge in [-0.25, -0.2) is 4.79 Å². The summed E-state index contributed by atoms with van der Waals surface area (Å²) < 4.78 is 11.9. The van der Waals surface area contributed by atoms with E-state index in [0.29, 0.717) is 23.1 Å². The van der Waals surface area contributed by atoms with Gasteiger partial charge in [-0.1, -0.05) is 44.2 Å². The number of anilines is 1. The summed E-state index contributed by atoms with van der Waals surface area (Å²) in [5, 5.41) is 6.47. The average Bonchev–Trinajstić information content (AvgIpc) is 3.23. The van der Waals surface area contributed by atoms with Crippen molar-refractivity contribution in [2.24, 2.45) is 17.3 Å². The molecule has 1 saturated carbocycles. The minimum Gasteiger partial charge on any atom is -0.474 e. The highest BCUT2D eigenvalue weighted by Gasteiger charge is 2.55. The number of rotatable bonds is 7. The van der Waals surface area contributed by atoms with E-state index in [1.165, 1.54) is 0 Å². The van der Waals surface area contributed by atoms with E-state index in [-0.39, 0.29) is 12.7 Å². The van der Waals surface area contributed by atoms with Gasteiger partial charge < -0.3 is 25.0 Å². The van der Waals surface area contributed by atoms with Crippen LogP contribution in [-0.4, -0.2) is 43.4 Å². The second kappa shape index (κ2) is 9.34. The van der Waals surface area contributed by atoms with E-state index >= 15 is 0 Å². The molecule has 1 aliphatic carbocycles. The SMILES string of the molecule is CC1(C)CCN(c2cc(C(C)(C)NC(=O)OCc3ccccc3)cc(O[C@H]3[C@@H]4CNC[C@@H]43)n2)CC1. The predicted octanol–water partition coefficient (Wildman–Crippen LogP) is 4.47. The van der Waals surface area contributed by atoms with Crippen LogP contribution in [0.1, 0.15) is 51.7 Å². The van der Waals surface area contributed by atoms with Crippen LogP contribution in [0.15, 0.2) is 42.5 Å². The van der Waals surface area contributed by atoms with Crippen molar-refractivity contribution in [3.05, 3.63) is 53.6 Å². The Kier molecular flexibility index (Phi) is 6.38. The quantitative estimate of drug-likeness (QED) is 0.612. The van der Waals surface area contributed by atoms with Crippen molar-refractivity contribution >= 4 is 11.9 Å². The fourth-order valence-corrected chi connectivity index (χ4v) is 5.18. The summed E-state index contributed by atoms with van der Waals surface area (Å²) in [6, 6.07) is 13.8. The molecule has 3 aliphatic rings. The number of nitrogens with zero attached hydrogens (tertiary/aromatic N) is 2. The molecular weight excluding hydrogens is 440 g/mol. The molecule has 188 valence electrons. The van der Waals surface area contributed by atoms with Crippen molar-refractivity contribution in [3.63, 3.8) is 0 Å². The number of ether oxygens (including phenoxy) is 2. The third-order valence-corrected chi connectivity index (χ3v) is 7.85. The Balaban J connectivity index is 1.32. The Hall–Kier alpha value is -2.80. The first-order valence-electron chi connectivity index (χ1n) is 12.8. The van der Waals surface area contributed by atoms with Crippen molar-refractivity contribution in [1.29, 1.82) is 0 Å². The van der Waals surface area contributed by atoms with Crippen LogP contribution in [0, 0.1) is 17.3 Å². The second-order valence-corrected chi connectivity index (χ2v) is 11.6. The number of nitrogens with one attached hydrogen (secondary N) is 2. The Morgan fingerprint density at radius 3 is 2.51 bits per heavy atom. The largest absolute Gasteiger partial charge is 0.474 e. The average molecular weight is 479 g/mol. The third kappa shape index (κ3) is 5.56. The number of benzene rings is 1. The molecule has 1 amide bonds. The number of hydrogen-bond donors (Lipinski definition) is 2. The van der Waals surface area contributed by atoms with Crippen molar-refractivity contribution in [2.75, 3.05) is 31.1 Å². The molecule has 7 heteroatoms. The number of piperidine rings is 2. The number of carbonyl (C=O) groups is 1. The molecule has 0 spiro atoms. The summed E-state index contributed by atoms with van der Waals surface area (Å²) in [6.07, 6.45) is 2.04. The lowest BCUT2D eigenvalue weighted by atomic mass is 9.82. The highest BCUT2D eigenvalue weighted by Crippen LogP contribution is 2.45. The first-order valence-corrected chi connectivity index (χ1v) is 12.8. The van der Waals surface area contributed by atoms with Crippen molar-refractivity contribution in [1.82, 2.24) is 15.6 Å². The maximum Gasteiger partial charge on any atom is 0.408 e. The highest BCUT2D eigenvalue weighted by atomic mass is 16.5. The molecule has 0 radical (unpaired) electrons. The summed E-state index contributed by atoms with van der Waals surface area (Å²) in [7, 11) is 0. The zero-order valence-corrected chi connectivity index (χ0v) is 21.3. The van der Waals surface area contributed by atoms with Gasteiger partial charge in [0.1, 0.15) is 18.5 Å². The van der Waals surface area contributed by atoms with Gasteiger partial charge in [0, 0.05) is 44.1 Å². The minimum atomic E-state index is -0.653. The summed E-state index contributed by atoms with van der Waals surface area (Å²) in [5.74, 6) is 2.73. The van der Waals surface area contributed by atoms with Gasteiger partial charge in [0.25, 0.3) is 0 Å². The molecular formula is C28H38N4O3. The fourth-order valence-electron chi connectivity index (χ4n) is 5.18. The number of fused-ring (bicyclic) bond motifs is 1. The van der Waals surface area contributed by atoms with Crippen LogP contribution < -0.4 is 20.3 Å². The monoisotopic (exact) mass is 478 g/mol. The van der Waals surface area contributed by atoms with Gasteiger partial charge in [0.15, 0.2) is 0 Å². The van der Waals surface area contributed by atoms with Gasteiger partial charge >= 0.3 is 6.09 Å². The first kappa shape index (κ1) is 23.9. The predicted molar refractivity (Wildman–Crippen MR) is 137 cm³/mol. The summed E-state index contributed by atoms with van der Waals surface area (Å²) in [5.41, 5.74) is 1.62.